The van der Waals surface area contributed by atoms with Crippen LogP contribution < -0.4 is 10.1 Å². The van der Waals surface area contributed by atoms with E-state index in [4.69, 9.17) is 16.3 Å². The Hall–Kier alpha value is -2.78. The summed E-state index contributed by atoms with van der Waals surface area (Å²) in [5.41, 5.74) is 5.65. The van der Waals surface area contributed by atoms with E-state index in [0.29, 0.717) is 22.9 Å². The van der Waals surface area contributed by atoms with Crippen molar-refractivity contribution in [1.82, 2.24) is 5.32 Å². The van der Waals surface area contributed by atoms with Crippen LogP contribution >= 0.6 is 11.6 Å². The van der Waals surface area contributed by atoms with E-state index in [-0.39, 0.29) is 11.9 Å². The molecule has 31 heavy (non-hydrogen) atoms. The van der Waals surface area contributed by atoms with E-state index in [1.165, 1.54) is 36.0 Å². The maximum Gasteiger partial charge on any atom is 0.251 e. The molecule has 1 aliphatic carbocycles. The van der Waals surface area contributed by atoms with Gasteiger partial charge in [0.1, 0.15) is 12.4 Å². The highest BCUT2D eigenvalue weighted by Crippen LogP contribution is 2.26. The predicted octanol–water partition coefficient (Wildman–Crippen LogP) is 6.68. The van der Waals surface area contributed by atoms with Gasteiger partial charge in [0.2, 0.25) is 0 Å². The van der Waals surface area contributed by atoms with Crippen LogP contribution in [0.1, 0.15) is 64.8 Å². The normalized spacial score (nSPS) is 13.9. The first-order chi connectivity index (χ1) is 15.1. The zero-order chi connectivity index (χ0) is 21.6. The van der Waals surface area contributed by atoms with E-state index < -0.39 is 0 Å². The molecular formula is C27H28ClNO2. The molecular weight excluding hydrogens is 406 g/mol. The number of hydrogen-bond donors (Lipinski definition) is 1. The summed E-state index contributed by atoms with van der Waals surface area (Å²) in [6.45, 7) is 2.50. The second-order valence-corrected chi connectivity index (χ2v) is 8.48. The predicted molar refractivity (Wildman–Crippen MR) is 126 cm³/mol. The van der Waals surface area contributed by atoms with Gasteiger partial charge in [0.05, 0.1) is 6.04 Å². The lowest BCUT2D eigenvalue weighted by molar-refractivity contribution is 0.0935. The minimum Gasteiger partial charge on any atom is -0.489 e. The lowest BCUT2D eigenvalue weighted by Crippen LogP contribution is -2.28. The molecule has 0 bridgehead atoms. The molecule has 3 aromatic rings. The summed E-state index contributed by atoms with van der Waals surface area (Å²) in [5.74, 6) is 0.639. The third-order valence-electron chi connectivity index (χ3n) is 5.96. The van der Waals surface area contributed by atoms with Crippen LogP contribution in [0.2, 0.25) is 5.02 Å². The maximum absolute atomic E-state index is 12.8. The molecule has 0 radical (unpaired) electrons. The molecule has 1 N–H and O–H groups in total. The summed E-state index contributed by atoms with van der Waals surface area (Å²) < 4.78 is 5.82. The molecule has 0 spiro atoms. The molecule has 1 aliphatic rings. The van der Waals surface area contributed by atoms with Crippen molar-refractivity contribution in [3.8, 4) is 5.75 Å². The van der Waals surface area contributed by atoms with Gasteiger partial charge in [0.25, 0.3) is 5.91 Å². The Bertz CT molecular complexity index is 1050. The van der Waals surface area contributed by atoms with Crippen LogP contribution in [0.15, 0.2) is 66.7 Å². The van der Waals surface area contributed by atoms with Crippen molar-refractivity contribution >= 4 is 17.5 Å². The van der Waals surface area contributed by atoms with Crippen LogP contribution in [0, 0.1) is 0 Å². The Morgan fingerprint density at radius 1 is 1.00 bits per heavy atom. The number of ether oxygens (including phenoxy) is 1. The molecule has 160 valence electrons. The molecule has 1 amide bonds. The van der Waals surface area contributed by atoms with Gasteiger partial charge in [-0.25, -0.2) is 0 Å². The third-order valence-corrected chi connectivity index (χ3v) is 6.33. The number of amides is 1. The zero-order valence-corrected chi connectivity index (χ0v) is 18.6. The highest BCUT2D eigenvalue weighted by Gasteiger charge is 2.17. The molecule has 0 aromatic heterocycles. The highest BCUT2D eigenvalue weighted by atomic mass is 35.5. The van der Waals surface area contributed by atoms with Crippen molar-refractivity contribution in [1.29, 1.82) is 0 Å². The number of fused-ring (bicyclic) bond motifs is 1. The molecule has 0 saturated heterocycles. The fourth-order valence-corrected chi connectivity index (χ4v) is 4.30. The van der Waals surface area contributed by atoms with Gasteiger partial charge in [-0.2, -0.15) is 0 Å². The van der Waals surface area contributed by atoms with E-state index in [1.807, 2.05) is 36.4 Å². The van der Waals surface area contributed by atoms with E-state index in [2.05, 4.69) is 30.4 Å². The van der Waals surface area contributed by atoms with E-state index >= 15 is 0 Å². The van der Waals surface area contributed by atoms with Gasteiger partial charge in [0, 0.05) is 16.1 Å². The number of hydrogen-bond acceptors (Lipinski definition) is 2. The smallest absolute Gasteiger partial charge is 0.251 e. The molecule has 0 heterocycles. The van der Waals surface area contributed by atoms with Gasteiger partial charge in [-0.15, -0.1) is 0 Å². The summed E-state index contributed by atoms with van der Waals surface area (Å²) >= 11 is 6.18. The first kappa shape index (κ1) is 21.5. The second-order valence-electron chi connectivity index (χ2n) is 8.07. The Labute approximate surface area is 189 Å². The van der Waals surface area contributed by atoms with Gasteiger partial charge in [-0.1, -0.05) is 54.9 Å². The average molecular weight is 434 g/mol. The van der Waals surface area contributed by atoms with Crippen molar-refractivity contribution in [3.63, 3.8) is 0 Å². The summed E-state index contributed by atoms with van der Waals surface area (Å²) in [6.07, 6.45) is 5.69. The molecule has 3 aromatic carbocycles. The third kappa shape index (κ3) is 5.29. The highest BCUT2D eigenvalue weighted by molar-refractivity contribution is 6.31. The Balaban J connectivity index is 1.39. The lowest BCUT2D eigenvalue weighted by atomic mass is 9.88. The first-order valence-electron chi connectivity index (χ1n) is 11.0. The summed E-state index contributed by atoms with van der Waals surface area (Å²) in [5, 5.41) is 3.88. The van der Waals surface area contributed by atoms with Gasteiger partial charge in [-0.3, -0.25) is 4.79 Å². The van der Waals surface area contributed by atoms with Crippen LogP contribution in [0.3, 0.4) is 0 Å². The minimum atomic E-state index is -0.0674. The van der Waals surface area contributed by atoms with Gasteiger partial charge in [0.15, 0.2) is 0 Å². The van der Waals surface area contributed by atoms with Crippen molar-refractivity contribution in [3.05, 3.63) is 99.6 Å². The van der Waals surface area contributed by atoms with Crippen LogP contribution in [0.4, 0.5) is 0 Å². The van der Waals surface area contributed by atoms with Crippen LogP contribution in [0.25, 0.3) is 0 Å². The number of halogens is 1. The molecule has 0 aliphatic heterocycles. The monoisotopic (exact) mass is 433 g/mol. The lowest BCUT2D eigenvalue weighted by Gasteiger charge is -2.22. The number of carbonyl (C=O) groups excluding carboxylic acids is 1. The van der Waals surface area contributed by atoms with E-state index in [1.54, 1.807) is 12.1 Å². The summed E-state index contributed by atoms with van der Waals surface area (Å²) in [6, 6.07) is 21.6. The number of rotatable bonds is 7. The van der Waals surface area contributed by atoms with Crippen LogP contribution in [-0.4, -0.2) is 5.91 Å². The molecule has 0 saturated carbocycles. The van der Waals surface area contributed by atoms with Crippen molar-refractivity contribution in [2.45, 2.75) is 51.7 Å². The van der Waals surface area contributed by atoms with Gasteiger partial charge >= 0.3 is 0 Å². The fraction of sp³-hybridized carbons (Fsp3) is 0.296. The fourth-order valence-electron chi connectivity index (χ4n) is 4.11. The second kappa shape index (κ2) is 10.0. The standard InChI is InChI=1S/C27H28ClNO2/c1-2-26(22-12-11-19-7-3-4-8-21(19)17-22)29-27(30)20-13-15-24(16-14-20)31-18-23-9-5-6-10-25(23)28/h5-6,9-17,26H,2-4,7-8,18H2,1H3,(H,29,30)/t26-/m0/s1. The first-order valence-corrected chi connectivity index (χ1v) is 11.4. The van der Waals surface area contributed by atoms with Gasteiger partial charge < -0.3 is 10.1 Å². The zero-order valence-electron chi connectivity index (χ0n) is 17.9. The quantitative estimate of drug-likeness (QED) is 0.451. The molecule has 3 nitrogen and oxygen atoms in total. The Kier molecular flexibility index (Phi) is 6.93. The van der Waals surface area contributed by atoms with Crippen LogP contribution in [0.5, 0.6) is 5.75 Å². The summed E-state index contributed by atoms with van der Waals surface area (Å²) in [4.78, 5) is 12.8. The van der Waals surface area contributed by atoms with Crippen molar-refractivity contribution in [2.75, 3.05) is 0 Å². The molecule has 4 heteroatoms. The SMILES string of the molecule is CC[C@H](NC(=O)c1ccc(OCc2ccccc2Cl)cc1)c1ccc2c(c1)CCCC2. The minimum absolute atomic E-state index is 0.0101. The number of nitrogens with one attached hydrogen (secondary N) is 1. The topological polar surface area (TPSA) is 38.3 Å². The Morgan fingerprint density at radius 3 is 2.48 bits per heavy atom. The molecule has 4 rings (SSSR count). The molecule has 1 atom stereocenters. The average Bonchev–Trinajstić information content (AvgIpc) is 2.82. The molecule has 0 fully saturated rings. The van der Waals surface area contributed by atoms with Crippen molar-refractivity contribution < 1.29 is 9.53 Å². The molecule has 0 unspecified atom stereocenters. The number of aryl methyl sites for hydroxylation is 2. The Morgan fingerprint density at radius 2 is 1.74 bits per heavy atom. The van der Waals surface area contributed by atoms with E-state index in [9.17, 15) is 4.79 Å². The van der Waals surface area contributed by atoms with Crippen LogP contribution in [-0.2, 0) is 19.4 Å². The number of benzene rings is 3. The maximum atomic E-state index is 12.8. The van der Waals surface area contributed by atoms with E-state index in [0.717, 1.165) is 18.4 Å². The largest absolute Gasteiger partial charge is 0.489 e. The van der Waals surface area contributed by atoms with Gasteiger partial charge in [-0.05, 0) is 79.1 Å². The van der Waals surface area contributed by atoms with Crippen molar-refractivity contribution in [2.24, 2.45) is 0 Å². The number of carbonyl (C=O) groups is 1. The summed E-state index contributed by atoms with van der Waals surface area (Å²) in [7, 11) is 0.